The standard InChI is InChI=1S/C15H14F3N/c1-9-3-5-13(14(19)7-9)12-6-4-11(8-10(12)2)15(16,17)18/h3-8H,19H2,1-2H3. The average Bonchev–Trinajstić information content (AvgIpc) is 2.28. The van der Waals surface area contributed by atoms with E-state index in [1.165, 1.54) is 6.07 Å². The van der Waals surface area contributed by atoms with Crippen LogP contribution in [0.3, 0.4) is 0 Å². The molecule has 0 amide bonds. The Morgan fingerprint density at radius 2 is 1.53 bits per heavy atom. The second-order valence-corrected chi connectivity index (χ2v) is 4.62. The van der Waals surface area contributed by atoms with Crippen molar-refractivity contribution in [3.05, 3.63) is 53.1 Å². The molecule has 2 aromatic carbocycles. The lowest BCUT2D eigenvalue weighted by Crippen LogP contribution is -2.05. The number of nitrogen functional groups attached to an aromatic ring is 1. The highest BCUT2D eigenvalue weighted by Gasteiger charge is 2.30. The van der Waals surface area contributed by atoms with E-state index in [2.05, 4.69) is 0 Å². The van der Waals surface area contributed by atoms with Crippen LogP contribution in [0.5, 0.6) is 0 Å². The lowest BCUT2D eigenvalue weighted by molar-refractivity contribution is -0.137. The topological polar surface area (TPSA) is 26.0 Å². The lowest BCUT2D eigenvalue weighted by Gasteiger charge is -2.13. The van der Waals surface area contributed by atoms with Gasteiger partial charge < -0.3 is 5.73 Å². The molecule has 1 nitrogen and oxygen atoms in total. The van der Waals surface area contributed by atoms with Gasteiger partial charge in [-0.15, -0.1) is 0 Å². The van der Waals surface area contributed by atoms with Gasteiger partial charge in [0, 0.05) is 11.3 Å². The average molecular weight is 265 g/mol. The zero-order chi connectivity index (χ0) is 14.2. The summed E-state index contributed by atoms with van der Waals surface area (Å²) in [6.45, 7) is 3.57. The maximum absolute atomic E-state index is 12.6. The molecule has 0 spiro atoms. The van der Waals surface area contributed by atoms with E-state index in [1.54, 1.807) is 6.92 Å². The normalized spacial score (nSPS) is 11.6. The van der Waals surface area contributed by atoms with Crippen molar-refractivity contribution >= 4 is 5.69 Å². The first-order chi connectivity index (χ1) is 8.79. The molecule has 0 heterocycles. The van der Waals surface area contributed by atoms with Crippen molar-refractivity contribution in [3.63, 3.8) is 0 Å². The summed E-state index contributed by atoms with van der Waals surface area (Å²) in [5.41, 5.74) is 8.92. The first kappa shape index (κ1) is 13.5. The Morgan fingerprint density at radius 3 is 2.05 bits per heavy atom. The zero-order valence-corrected chi connectivity index (χ0v) is 10.7. The van der Waals surface area contributed by atoms with Gasteiger partial charge in [-0.05, 0) is 48.7 Å². The second-order valence-electron chi connectivity index (χ2n) is 4.62. The van der Waals surface area contributed by atoms with Crippen molar-refractivity contribution in [2.45, 2.75) is 20.0 Å². The quantitative estimate of drug-likeness (QED) is 0.751. The van der Waals surface area contributed by atoms with Crippen LogP contribution >= 0.6 is 0 Å². The van der Waals surface area contributed by atoms with Crippen LogP contribution in [0.25, 0.3) is 11.1 Å². The van der Waals surface area contributed by atoms with Crippen molar-refractivity contribution < 1.29 is 13.2 Å². The van der Waals surface area contributed by atoms with Gasteiger partial charge in [-0.25, -0.2) is 0 Å². The summed E-state index contributed by atoms with van der Waals surface area (Å²) in [6.07, 6.45) is -4.32. The molecule has 0 radical (unpaired) electrons. The number of rotatable bonds is 1. The van der Waals surface area contributed by atoms with Gasteiger partial charge in [0.25, 0.3) is 0 Å². The SMILES string of the molecule is Cc1ccc(-c2ccc(C(F)(F)F)cc2C)c(N)c1. The van der Waals surface area contributed by atoms with Crippen LogP contribution in [0.1, 0.15) is 16.7 Å². The summed E-state index contributed by atoms with van der Waals surface area (Å²) in [4.78, 5) is 0. The molecule has 0 fully saturated rings. The van der Waals surface area contributed by atoms with Gasteiger partial charge in [-0.1, -0.05) is 18.2 Å². The van der Waals surface area contributed by atoms with Gasteiger partial charge in [0.2, 0.25) is 0 Å². The molecule has 0 bridgehead atoms. The summed E-state index contributed by atoms with van der Waals surface area (Å²) in [5.74, 6) is 0. The fourth-order valence-corrected chi connectivity index (χ4v) is 2.07. The van der Waals surface area contributed by atoms with E-state index < -0.39 is 11.7 Å². The first-order valence-electron chi connectivity index (χ1n) is 5.83. The first-order valence-corrected chi connectivity index (χ1v) is 5.83. The van der Waals surface area contributed by atoms with Gasteiger partial charge >= 0.3 is 6.18 Å². The van der Waals surface area contributed by atoms with Gasteiger partial charge in [-0.3, -0.25) is 0 Å². The molecule has 0 saturated heterocycles. The number of aryl methyl sites for hydroxylation is 2. The second kappa shape index (κ2) is 4.61. The Hall–Kier alpha value is -1.97. The van der Waals surface area contributed by atoms with Gasteiger partial charge in [0.1, 0.15) is 0 Å². The Labute approximate surface area is 109 Å². The van der Waals surface area contributed by atoms with Crippen molar-refractivity contribution in [1.82, 2.24) is 0 Å². The number of benzene rings is 2. The van der Waals surface area contributed by atoms with Crippen molar-refractivity contribution in [2.75, 3.05) is 5.73 Å². The van der Waals surface area contributed by atoms with E-state index in [4.69, 9.17) is 5.73 Å². The summed E-state index contributed by atoms with van der Waals surface area (Å²) >= 11 is 0. The zero-order valence-electron chi connectivity index (χ0n) is 10.7. The van der Waals surface area contributed by atoms with Crippen LogP contribution in [0.15, 0.2) is 36.4 Å². The number of hydrogen-bond donors (Lipinski definition) is 1. The van der Waals surface area contributed by atoms with Crippen LogP contribution in [0.2, 0.25) is 0 Å². The highest BCUT2D eigenvalue weighted by atomic mass is 19.4. The van der Waals surface area contributed by atoms with E-state index in [1.807, 2.05) is 25.1 Å². The third-order valence-corrected chi connectivity index (χ3v) is 3.05. The van der Waals surface area contributed by atoms with Gasteiger partial charge in [0.15, 0.2) is 0 Å². The van der Waals surface area contributed by atoms with Crippen LogP contribution < -0.4 is 5.73 Å². The van der Waals surface area contributed by atoms with Gasteiger partial charge in [0.05, 0.1) is 5.56 Å². The van der Waals surface area contributed by atoms with Crippen LogP contribution in [-0.2, 0) is 6.18 Å². The highest BCUT2D eigenvalue weighted by molar-refractivity contribution is 5.79. The number of alkyl halides is 3. The fraction of sp³-hybridized carbons (Fsp3) is 0.200. The minimum atomic E-state index is -4.32. The van der Waals surface area contributed by atoms with Crippen molar-refractivity contribution in [3.8, 4) is 11.1 Å². The molecule has 4 heteroatoms. The number of anilines is 1. The molecular weight excluding hydrogens is 251 g/mol. The maximum Gasteiger partial charge on any atom is 0.416 e. The molecule has 2 N–H and O–H groups in total. The van der Waals surface area contributed by atoms with E-state index in [-0.39, 0.29) is 0 Å². The number of nitrogens with two attached hydrogens (primary N) is 1. The van der Waals surface area contributed by atoms with Crippen molar-refractivity contribution in [2.24, 2.45) is 0 Å². The van der Waals surface area contributed by atoms with Crippen molar-refractivity contribution in [1.29, 1.82) is 0 Å². The summed E-state index contributed by atoms with van der Waals surface area (Å²) in [6, 6.07) is 9.24. The molecule has 0 aliphatic carbocycles. The Kier molecular flexibility index (Phi) is 3.27. The lowest BCUT2D eigenvalue weighted by atomic mass is 9.96. The largest absolute Gasteiger partial charge is 0.416 e. The Bertz CT molecular complexity index is 615. The molecule has 0 atom stereocenters. The fourth-order valence-electron chi connectivity index (χ4n) is 2.07. The van der Waals surface area contributed by atoms with E-state index >= 15 is 0 Å². The molecule has 0 aromatic heterocycles. The molecule has 0 saturated carbocycles. The monoisotopic (exact) mass is 265 g/mol. The Morgan fingerprint density at radius 1 is 0.895 bits per heavy atom. The number of hydrogen-bond acceptors (Lipinski definition) is 1. The molecule has 2 aromatic rings. The van der Waals surface area contributed by atoms with Crippen LogP contribution in [0.4, 0.5) is 18.9 Å². The van der Waals surface area contributed by atoms with Crippen LogP contribution in [-0.4, -0.2) is 0 Å². The molecule has 0 aliphatic heterocycles. The highest BCUT2D eigenvalue weighted by Crippen LogP contribution is 2.34. The molecular formula is C15H14F3N. The third kappa shape index (κ3) is 2.72. The smallest absolute Gasteiger partial charge is 0.398 e. The Balaban J connectivity index is 2.52. The minimum Gasteiger partial charge on any atom is -0.398 e. The van der Waals surface area contributed by atoms with E-state index in [9.17, 15) is 13.2 Å². The number of halogens is 3. The predicted octanol–water partition coefficient (Wildman–Crippen LogP) is 4.57. The third-order valence-electron chi connectivity index (χ3n) is 3.05. The minimum absolute atomic E-state index is 0.561. The maximum atomic E-state index is 12.6. The van der Waals surface area contributed by atoms with E-state index in [0.29, 0.717) is 11.3 Å². The molecule has 2 rings (SSSR count). The van der Waals surface area contributed by atoms with E-state index in [0.717, 1.165) is 28.8 Å². The molecule has 100 valence electrons. The summed E-state index contributed by atoms with van der Waals surface area (Å²) in [7, 11) is 0. The predicted molar refractivity (Wildman–Crippen MR) is 70.8 cm³/mol. The van der Waals surface area contributed by atoms with Crippen LogP contribution in [0, 0.1) is 13.8 Å². The molecule has 19 heavy (non-hydrogen) atoms. The molecule has 0 aliphatic rings. The summed E-state index contributed by atoms with van der Waals surface area (Å²) in [5, 5.41) is 0. The summed E-state index contributed by atoms with van der Waals surface area (Å²) < 4.78 is 37.8. The van der Waals surface area contributed by atoms with Gasteiger partial charge in [-0.2, -0.15) is 13.2 Å². The molecule has 0 unspecified atom stereocenters.